The molecule has 2 fully saturated rings. The van der Waals surface area contributed by atoms with Crippen molar-refractivity contribution in [2.45, 2.75) is 50.7 Å². The van der Waals surface area contributed by atoms with Crippen LogP contribution in [0.2, 0.25) is 0 Å². The van der Waals surface area contributed by atoms with Crippen LogP contribution in [0.1, 0.15) is 44.1 Å². The summed E-state index contributed by atoms with van der Waals surface area (Å²) in [4.78, 5) is 24.2. The summed E-state index contributed by atoms with van der Waals surface area (Å²) in [7, 11) is 0. The normalized spacial score (nSPS) is 22.3. The van der Waals surface area contributed by atoms with Gasteiger partial charge in [0, 0.05) is 6.54 Å². The highest BCUT2D eigenvalue weighted by molar-refractivity contribution is 5.87. The molecule has 5 heteroatoms. The molecular weight excluding hydrogens is 306 g/mol. The Balaban J connectivity index is 1.43. The molecule has 1 spiro atoms. The van der Waals surface area contributed by atoms with Gasteiger partial charge in [0.2, 0.25) is 5.91 Å². The number of hydrogen-bond donors (Lipinski definition) is 1. The molecule has 5 nitrogen and oxygen atoms in total. The number of ether oxygens (including phenoxy) is 2. The second-order valence-electron chi connectivity index (χ2n) is 6.69. The monoisotopic (exact) mass is 331 g/mol. The minimum Gasteiger partial charge on any atom is -0.458 e. The summed E-state index contributed by atoms with van der Waals surface area (Å²) in [6, 6.07) is 9.93. The van der Waals surface area contributed by atoms with Crippen molar-refractivity contribution < 1.29 is 19.1 Å². The molecule has 1 aliphatic carbocycles. The van der Waals surface area contributed by atoms with E-state index in [1.165, 1.54) is 0 Å². The molecule has 0 aromatic heterocycles. The average molecular weight is 331 g/mol. The van der Waals surface area contributed by atoms with E-state index in [0.29, 0.717) is 19.8 Å². The van der Waals surface area contributed by atoms with Crippen molar-refractivity contribution in [1.82, 2.24) is 5.32 Å². The third-order valence-corrected chi connectivity index (χ3v) is 5.00. The Bertz CT molecular complexity index is 566. The highest BCUT2D eigenvalue weighted by Gasteiger charge is 2.52. The van der Waals surface area contributed by atoms with E-state index < -0.39 is 5.60 Å². The molecule has 130 valence electrons. The van der Waals surface area contributed by atoms with E-state index >= 15 is 0 Å². The lowest BCUT2D eigenvalue weighted by atomic mass is 9.75. The van der Waals surface area contributed by atoms with Crippen LogP contribution in [0.15, 0.2) is 30.3 Å². The molecule has 0 unspecified atom stereocenters. The van der Waals surface area contributed by atoms with Crippen LogP contribution in [0.3, 0.4) is 0 Å². The first-order valence-electron chi connectivity index (χ1n) is 8.81. The number of esters is 1. The smallest absolute Gasteiger partial charge is 0.307 e. The summed E-state index contributed by atoms with van der Waals surface area (Å²) in [6.45, 7) is 1.44. The lowest BCUT2D eigenvalue weighted by Gasteiger charge is -2.36. The Morgan fingerprint density at radius 1 is 1.21 bits per heavy atom. The number of carbonyl (C=O) groups excluding carboxylic acids is 2. The minimum absolute atomic E-state index is 0.0777. The van der Waals surface area contributed by atoms with Gasteiger partial charge in [0.05, 0.1) is 25.6 Å². The molecule has 1 aromatic carbocycles. The number of nitrogens with one attached hydrogen (secondary N) is 1. The molecule has 2 aliphatic rings. The van der Waals surface area contributed by atoms with Crippen LogP contribution in [-0.2, 0) is 25.7 Å². The van der Waals surface area contributed by atoms with Crippen LogP contribution >= 0.6 is 0 Å². The van der Waals surface area contributed by atoms with Crippen molar-refractivity contribution in [1.29, 1.82) is 0 Å². The Morgan fingerprint density at radius 2 is 1.96 bits per heavy atom. The third-order valence-electron chi connectivity index (χ3n) is 5.00. The molecule has 1 saturated heterocycles. The highest BCUT2D eigenvalue weighted by Crippen LogP contribution is 2.44. The second kappa shape index (κ2) is 7.79. The van der Waals surface area contributed by atoms with Gasteiger partial charge in [0.1, 0.15) is 5.60 Å². The van der Waals surface area contributed by atoms with E-state index in [4.69, 9.17) is 9.47 Å². The first-order valence-corrected chi connectivity index (χ1v) is 8.81. The van der Waals surface area contributed by atoms with Crippen LogP contribution in [0.4, 0.5) is 0 Å². The lowest BCUT2D eigenvalue weighted by Crippen LogP contribution is -2.46. The van der Waals surface area contributed by atoms with Gasteiger partial charge in [-0.25, -0.2) is 0 Å². The van der Waals surface area contributed by atoms with E-state index in [9.17, 15) is 9.59 Å². The van der Waals surface area contributed by atoms with E-state index in [1.54, 1.807) is 0 Å². The molecular formula is C19H25NO4. The summed E-state index contributed by atoms with van der Waals surface area (Å²) in [5.41, 5.74) is 0.560. The molecule has 0 radical (unpaired) electrons. The highest BCUT2D eigenvalue weighted by atomic mass is 16.6. The maximum atomic E-state index is 12.5. The van der Waals surface area contributed by atoms with Gasteiger partial charge in [0.25, 0.3) is 0 Å². The van der Waals surface area contributed by atoms with Gasteiger partial charge in [-0.3, -0.25) is 9.59 Å². The number of benzene rings is 1. The van der Waals surface area contributed by atoms with E-state index in [0.717, 1.165) is 37.7 Å². The van der Waals surface area contributed by atoms with Crippen molar-refractivity contribution in [2.24, 2.45) is 5.92 Å². The number of amides is 1. The molecule has 24 heavy (non-hydrogen) atoms. The summed E-state index contributed by atoms with van der Waals surface area (Å²) in [5, 5.41) is 2.91. The van der Waals surface area contributed by atoms with Crippen molar-refractivity contribution in [3.63, 3.8) is 0 Å². The SMILES string of the molecule is O=C1C[C@@H](C(=O)NCCOCc2ccccc2)C2(CCCCC2)O1. The van der Waals surface area contributed by atoms with Crippen LogP contribution in [0.25, 0.3) is 0 Å². The Morgan fingerprint density at radius 3 is 2.71 bits per heavy atom. The molecule has 1 heterocycles. The van der Waals surface area contributed by atoms with Crippen molar-refractivity contribution >= 4 is 11.9 Å². The van der Waals surface area contributed by atoms with Crippen molar-refractivity contribution in [2.75, 3.05) is 13.2 Å². The summed E-state index contributed by atoms with van der Waals surface area (Å²) in [5.74, 6) is -0.664. The Hall–Kier alpha value is -1.88. The fourth-order valence-corrected chi connectivity index (χ4v) is 3.76. The fraction of sp³-hybridized carbons (Fsp3) is 0.579. The van der Waals surface area contributed by atoms with Crippen molar-refractivity contribution in [3.8, 4) is 0 Å². The maximum Gasteiger partial charge on any atom is 0.307 e. The van der Waals surface area contributed by atoms with Gasteiger partial charge in [-0.1, -0.05) is 36.8 Å². The van der Waals surface area contributed by atoms with E-state index in [-0.39, 0.29) is 24.2 Å². The van der Waals surface area contributed by atoms with Gasteiger partial charge < -0.3 is 14.8 Å². The zero-order valence-electron chi connectivity index (χ0n) is 14.0. The van der Waals surface area contributed by atoms with Gasteiger partial charge in [-0.2, -0.15) is 0 Å². The molecule has 1 atom stereocenters. The zero-order valence-corrected chi connectivity index (χ0v) is 14.0. The van der Waals surface area contributed by atoms with Crippen LogP contribution in [0, 0.1) is 5.92 Å². The molecule has 1 aliphatic heterocycles. The Kier molecular flexibility index (Phi) is 5.51. The van der Waals surface area contributed by atoms with Crippen LogP contribution in [0.5, 0.6) is 0 Å². The maximum absolute atomic E-state index is 12.5. The average Bonchev–Trinajstić information content (AvgIpc) is 2.91. The summed E-state index contributed by atoms with van der Waals surface area (Å²) < 4.78 is 11.2. The predicted octanol–water partition coefficient (Wildman–Crippen LogP) is 2.59. The first kappa shape index (κ1) is 17.0. The van der Waals surface area contributed by atoms with Crippen LogP contribution < -0.4 is 5.32 Å². The van der Waals surface area contributed by atoms with Gasteiger partial charge in [-0.05, 0) is 31.2 Å². The molecule has 1 amide bonds. The topological polar surface area (TPSA) is 64.6 Å². The van der Waals surface area contributed by atoms with E-state index in [2.05, 4.69) is 5.32 Å². The van der Waals surface area contributed by atoms with Gasteiger partial charge >= 0.3 is 5.97 Å². The Labute approximate surface area is 142 Å². The molecule has 0 bridgehead atoms. The van der Waals surface area contributed by atoms with E-state index in [1.807, 2.05) is 30.3 Å². The quantitative estimate of drug-likeness (QED) is 0.643. The number of rotatable bonds is 6. The third kappa shape index (κ3) is 3.96. The summed E-state index contributed by atoms with van der Waals surface area (Å²) in [6.07, 6.45) is 5.02. The standard InChI is InChI=1S/C19H25NO4/c21-17-13-16(19(24-17)9-5-2-6-10-19)18(22)20-11-12-23-14-15-7-3-1-4-8-15/h1,3-4,7-8,16H,2,5-6,9-14H2,(H,20,22)/t16-/m0/s1. The first-order chi connectivity index (χ1) is 11.7. The lowest BCUT2D eigenvalue weighted by molar-refractivity contribution is -0.153. The second-order valence-corrected chi connectivity index (χ2v) is 6.69. The molecule has 3 rings (SSSR count). The minimum atomic E-state index is -0.551. The van der Waals surface area contributed by atoms with Gasteiger partial charge in [-0.15, -0.1) is 0 Å². The molecule has 1 N–H and O–H groups in total. The number of carbonyl (C=O) groups is 2. The van der Waals surface area contributed by atoms with Crippen molar-refractivity contribution in [3.05, 3.63) is 35.9 Å². The summed E-state index contributed by atoms with van der Waals surface area (Å²) >= 11 is 0. The fourth-order valence-electron chi connectivity index (χ4n) is 3.76. The van der Waals surface area contributed by atoms with Crippen LogP contribution in [-0.4, -0.2) is 30.6 Å². The molecule has 1 saturated carbocycles. The molecule has 1 aromatic rings. The van der Waals surface area contributed by atoms with Gasteiger partial charge in [0.15, 0.2) is 0 Å². The largest absolute Gasteiger partial charge is 0.458 e. The predicted molar refractivity (Wildman–Crippen MR) is 89.1 cm³/mol. The zero-order chi connectivity index (χ0) is 16.8. The number of hydrogen-bond acceptors (Lipinski definition) is 4.